The van der Waals surface area contributed by atoms with E-state index in [1.807, 2.05) is 0 Å². The van der Waals surface area contributed by atoms with Gasteiger partial charge in [0.15, 0.2) is 0 Å². The molecule has 0 N–H and O–H groups in total. The molecule has 0 heterocycles. The molecule has 0 aromatic heterocycles. The van der Waals surface area contributed by atoms with E-state index in [1.165, 1.54) is 19.3 Å². The van der Waals surface area contributed by atoms with Crippen LogP contribution in [0.25, 0.3) is 0 Å². The first-order chi connectivity index (χ1) is 13.8. The van der Waals surface area contributed by atoms with Crippen molar-refractivity contribution in [3.8, 4) is 0 Å². The Bertz CT molecular complexity index is 587. The van der Waals surface area contributed by atoms with Gasteiger partial charge in [-0.1, -0.05) is 41.0 Å². The Kier molecular flexibility index (Phi) is 5.43. The maximum atomic E-state index is 2.72. The first-order valence-electron chi connectivity index (χ1n) is 13.8. The molecule has 5 saturated carbocycles. The maximum absolute atomic E-state index is 2.72. The average Bonchev–Trinajstić information content (AvgIpc) is 3.29. The number of fused-ring (bicyclic) bond motifs is 5. The lowest BCUT2D eigenvalue weighted by Crippen LogP contribution is -2.48. The second-order valence-electron chi connectivity index (χ2n) is 14.1. The minimum absolute atomic E-state index is 0.541. The molecule has 166 valence electrons. The second kappa shape index (κ2) is 7.55. The molecule has 0 aromatic carbocycles. The third-order valence-electron chi connectivity index (χ3n) is 12.1. The summed E-state index contributed by atoms with van der Waals surface area (Å²) in [6, 6.07) is 0. The molecule has 2 bridgehead atoms. The monoisotopic (exact) mass is 398 g/mol. The van der Waals surface area contributed by atoms with Crippen LogP contribution < -0.4 is 0 Å². The lowest BCUT2D eigenvalue weighted by molar-refractivity contribution is -0.0744. The first-order valence-corrected chi connectivity index (χ1v) is 13.8. The van der Waals surface area contributed by atoms with Gasteiger partial charge in [0.25, 0.3) is 0 Å². The topological polar surface area (TPSA) is 0 Å². The van der Waals surface area contributed by atoms with Crippen molar-refractivity contribution in [3.63, 3.8) is 0 Å². The predicted molar refractivity (Wildman–Crippen MR) is 125 cm³/mol. The Morgan fingerprint density at radius 3 is 2.21 bits per heavy atom. The van der Waals surface area contributed by atoms with Crippen molar-refractivity contribution in [1.29, 1.82) is 0 Å². The Hall–Kier alpha value is 0. The fourth-order valence-corrected chi connectivity index (χ4v) is 9.83. The maximum Gasteiger partial charge on any atom is -0.0272 e. The van der Waals surface area contributed by atoms with E-state index in [-0.39, 0.29) is 0 Å². The quantitative estimate of drug-likeness (QED) is 0.444. The summed E-state index contributed by atoms with van der Waals surface area (Å²) < 4.78 is 0. The molecular formula is C29H50. The lowest BCUT2D eigenvalue weighted by Gasteiger charge is -2.57. The van der Waals surface area contributed by atoms with Gasteiger partial charge in [0, 0.05) is 0 Å². The van der Waals surface area contributed by atoms with Crippen LogP contribution in [0.4, 0.5) is 0 Å². The summed E-state index contributed by atoms with van der Waals surface area (Å²) in [5, 5.41) is 0. The minimum Gasteiger partial charge on any atom is -0.0625 e. The van der Waals surface area contributed by atoms with Crippen molar-refractivity contribution < 1.29 is 0 Å². The largest absolute Gasteiger partial charge is 0.0625 e. The molecule has 29 heavy (non-hydrogen) atoms. The van der Waals surface area contributed by atoms with Gasteiger partial charge >= 0.3 is 0 Å². The molecule has 0 spiro atoms. The summed E-state index contributed by atoms with van der Waals surface area (Å²) in [4.78, 5) is 0. The Morgan fingerprint density at radius 1 is 0.793 bits per heavy atom. The van der Waals surface area contributed by atoms with Gasteiger partial charge in [-0.2, -0.15) is 0 Å². The fourth-order valence-electron chi connectivity index (χ4n) is 9.83. The average molecular weight is 399 g/mol. The molecule has 9 unspecified atom stereocenters. The summed E-state index contributed by atoms with van der Waals surface area (Å²) in [7, 11) is 0. The standard InChI is InChI=1S/C29H50/c1-19(2)21-10-11-26-23(16-21)8-9-24-18-29(5,13-12-27(24)26)28(3,4)17-25-15-20-6-7-22(25)14-20/h19-27H,6-18H2,1-5H3. The van der Waals surface area contributed by atoms with Crippen LogP contribution in [0.1, 0.15) is 118 Å². The zero-order valence-corrected chi connectivity index (χ0v) is 20.4. The first kappa shape index (κ1) is 20.9. The number of hydrogen-bond acceptors (Lipinski definition) is 0. The van der Waals surface area contributed by atoms with Gasteiger partial charge in [-0.25, -0.2) is 0 Å². The second-order valence-corrected chi connectivity index (χ2v) is 14.1. The van der Waals surface area contributed by atoms with E-state index in [0.29, 0.717) is 10.8 Å². The van der Waals surface area contributed by atoms with Gasteiger partial charge in [0.2, 0.25) is 0 Å². The highest BCUT2D eigenvalue weighted by molar-refractivity contribution is 5.03. The van der Waals surface area contributed by atoms with Crippen molar-refractivity contribution in [2.45, 2.75) is 118 Å². The van der Waals surface area contributed by atoms with E-state index in [0.717, 1.165) is 53.3 Å². The van der Waals surface area contributed by atoms with Gasteiger partial charge in [-0.3, -0.25) is 0 Å². The third kappa shape index (κ3) is 3.65. The van der Waals surface area contributed by atoms with Gasteiger partial charge in [-0.05, 0) is 141 Å². The van der Waals surface area contributed by atoms with Gasteiger partial charge in [-0.15, -0.1) is 0 Å². The third-order valence-corrected chi connectivity index (χ3v) is 12.1. The van der Waals surface area contributed by atoms with E-state index in [1.54, 1.807) is 64.2 Å². The van der Waals surface area contributed by atoms with E-state index in [4.69, 9.17) is 0 Å². The summed E-state index contributed by atoms with van der Waals surface area (Å²) in [5.41, 5.74) is 1.14. The van der Waals surface area contributed by atoms with Crippen LogP contribution in [0.2, 0.25) is 0 Å². The van der Waals surface area contributed by atoms with Crippen molar-refractivity contribution >= 4 is 0 Å². The molecule has 5 aliphatic rings. The van der Waals surface area contributed by atoms with Crippen LogP contribution in [0.5, 0.6) is 0 Å². The zero-order chi connectivity index (χ0) is 20.4. The Morgan fingerprint density at radius 2 is 1.52 bits per heavy atom. The van der Waals surface area contributed by atoms with E-state index in [2.05, 4.69) is 34.6 Å². The van der Waals surface area contributed by atoms with E-state index in [9.17, 15) is 0 Å². The normalized spacial score (nSPS) is 49.9. The van der Waals surface area contributed by atoms with Gasteiger partial charge in [0.05, 0.1) is 0 Å². The molecule has 5 fully saturated rings. The van der Waals surface area contributed by atoms with E-state index >= 15 is 0 Å². The van der Waals surface area contributed by atoms with Crippen molar-refractivity contribution in [3.05, 3.63) is 0 Å². The molecule has 0 radical (unpaired) electrons. The summed E-state index contributed by atoms with van der Waals surface area (Å²) in [6.07, 6.45) is 20.3. The Labute approximate surface area is 182 Å². The minimum atomic E-state index is 0.541. The highest BCUT2D eigenvalue weighted by atomic mass is 14.6. The summed E-state index contributed by atoms with van der Waals surface area (Å²) >= 11 is 0. The molecule has 5 rings (SSSR count). The van der Waals surface area contributed by atoms with Crippen molar-refractivity contribution in [1.82, 2.24) is 0 Å². The molecular weight excluding hydrogens is 348 g/mol. The van der Waals surface area contributed by atoms with E-state index < -0.39 is 0 Å². The number of hydrogen-bond donors (Lipinski definition) is 0. The fraction of sp³-hybridized carbons (Fsp3) is 1.00. The van der Waals surface area contributed by atoms with Crippen LogP contribution in [-0.4, -0.2) is 0 Å². The molecule has 9 atom stereocenters. The van der Waals surface area contributed by atoms with Crippen LogP contribution >= 0.6 is 0 Å². The van der Waals surface area contributed by atoms with Crippen LogP contribution in [0, 0.1) is 64.1 Å². The van der Waals surface area contributed by atoms with Gasteiger partial charge < -0.3 is 0 Å². The van der Waals surface area contributed by atoms with Gasteiger partial charge in [0.1, 0.15) is 0 Å². The molecule has 0 amide bonds. The lowest BCUT2D eigenvalue weighted by atomic mass is 9.48. The predicted octanol–water partition coefficient (Wildman–Crippen LogP) is 8.74. The van der Waals surface area contributed by atoms with Crippen LogP contribution in [0.3, 0.4) is 0 Å². The highest BCUT2D eigenvalue weighted by Crippen LogP contribution is 2.62. The molecule has 0 nitrogen and oxygen atoms in total. The number of rotatable bonds is 4. The summed E-state index contributed by atoms with van der Waals surface area (Å²) in [5.74, 6) is 9.56. The summed E-state index contributed by atoms with van der Waals surface area (Å²) in [6.45, 7) is 13.0. The molecule has 0 aliphatic heterocycles. The zero-order valence-electron chi connectivity index (χ0n) is 20.4. The molecule has 5 aliphatic carbocycles. The van der Waals surface area contributed by atoms with Crippen molar-refractivity contribution in [2.75, 3.05) is 0 Å². The Balaban J connectivity index is 1.24. The SMILES string of the molecule is CC(C)C1CCC2C(CCC3CC(C)(C(C)(C)CC4CC5CCC4C5)CCC32)C1. The molecule has 0 saturated heterocycles. The smallest absolute Gasteiger partial charge is 0.0272 e. The molecule has 0 heteroatoms. The van der Waals surface area contributed by atoms with Crippen LogP contribution in [-0.2, 0) is 0 Å². The highest BCUT2D eigenvalue weighted by Gasteiger charge is 2.53. The van der Waals surface area contributed by atoms with Crippen molar-refractivity contribution in [2.24, 2.45) is 64.1 Å². The van der Waals surface area contributed by atoms with Crippen LogP contribution in [0.15, 0.2) is 0 Å². The molecule has 0 aromatic rings.